The second-order valence-electron chi connectivity index (χ2n) is 9.28. The van der Waals surface area contributed by atoms with Gasteiger partial charge in [-0.25, -0.2) is 0 Å². The molecule has 0 aromatic heterocycles. The van der Waals surface area contributed by atoms with Crippen molar-refractivity contribution in [2.45, 2.75) is 44.4 Å². The summed E-state index contributed by atoms with van der Waals surface area (Å²) in [6.07, 6.45) is 2.98. The quantitative estimate of drug-likeness (QED) is 0.515. The zero-order valence-electron chi connectivity index (χ0n) is 20.3. The fourth-order valence-corrected chi connectivity index (χ4v) is 5.03. The average Bonchev–Trinajstić information content (AvgIpc) is 3.22. The number of fused-ring (bicyclic) bond motifs is 1. The highest BCUT2D eigenvalue weighted by Crippen LogP contribution is 2.30. The predicted molar refractivity (Wildman–Crippen MR) is 134 cm³/mol. The molecule has 186 valence electrons. The standard InChI is InChI=1S/C28H29N3O5/c1-35-22-11-13-30(14-12-22)21-6-2-4-19(16-21)5-3-15-36-23-7-8-24-20(17-23)18-31(28(24)34)25-9-10-26(32)29-27(25)33/h2,4,6-8,16-17,22,25H,9-15,18H2,1H3,(H,29,32,33). The van der Waals surface area contributed by atoms with Crippen LogP contribution in [0.25, 0.3) is 0 Å². The smallest absolute Gasteiger partial charge is 0.255 e. The topological polar surface area (TPSA) is 88.2 Å². The van der Waals surface area contributed by atoms with E-state index in [0.717, 1.165) is 37.1 Å². The lowest BCUT2D eigenvalue weighted by atomic mass is 10.0. The number of rotatable bonds is 5. The molecule has 2 aromatic rings. The third-order valence-corrected chi connectivity index (χ3v) is 7.03. The van der Waals surface area contributed by atoms with Crippen molar-refractivity contribution in [3.63, 3.8) is 0 Å². The van der Waals surface area contributed by atoms with Crippen LogP contribution in [0.15, 0.2) is 42.5 Å². The fourth-order valence-electron chi connectivity index (χ4n) is 5.03. The van der Waals surface area contributed by atoms with Crippen LogP contribution >= 0.6 is 0 Å². The molecule has 2 aromatic carbocycles. The number of methoxy groups -OCH3 is 1. The molecule has 1 atom stereocenters. The van der Waals surface area contributed by atoms with Crippen LogP contribution in [-0.4, -0.2) is 61.6 Å². The Morgan fingerprint density at radius 1 is 1.06 bits per heavy atom. The van der Waals surface area contributed by atoms with Crippen molar-refractivity contribution in [1.29, 1.82) is 0 Å². The summed E-state index contributed by atoms with van der Waals surface area (Å²) in [6, 6.07) is 12.9. The Morgan fingerprint density at radius 3 is 2.67 bits per heavy atom. The second kappa shape index (κ2) is 10.4. The highest BCUT2D eigenvalue weighted by Gasteiger charge is 2.39. The monoisotopic (exact) mass is 487 g/mol. The van der Waals surface area contributed by atoms with Crippen molar-refractivity contribution in [2.75, 3.05) is 31.7 Å². The summed E-state index contributed by atoms with van der Waals surface area (Å²) in [5, 5.41) is 2.32. The Bertz CT molecular complexity index is 1240. The van der Waals surface area contributed by atoms with Crippen LogP contribution in [0.3, 0.4) is 0 Å². The van der Waals surface area contributed by atoms with Gasteiger partial charge >= 0.3 is 0 Å². The third kappa shape index (κ3) is 5.07. The first-order valence-electron chi connectivity index (χ1n) is 12.3. The van der Waals surface area contributed by atoms with Gasteiger partial charge in [-0.3, -0.25) is 19.7 Å². The zero-order chi connectivity index (χ0) is 25.1. The van der Waals surface area contributed by atoms with E-state index in [9.17, 15) is 14.4 Å². The van der Waals surface area contributed by atoms with Crippen LogP contribution in [-0.2, 0) is 20.9 Å². The van der Waals surface area contributed by atoms with Gasteiger partial charge < -0.3 is 19.3 Å². The molecule has 8 heteroatoms. The number of benzene rings is 2. The van der Waals surface area contributed by atoms with Gasteiger partial charge in [-0.2, -0.15) is 0 Å². The van der Waals surface area contributed by atoms with Crippen LogP contribution in [0.1, 0.15) is 47.2 Å². The third-order valence-electron chi connectivity index (χ3n) is 7.03. The van der Waals surface area contributed by atoms with E-state index in [0.29, 0.717) is 30.4 Å². The number of hydrogen-bond acceptors (Lipinski definition) is 6. The summed E-state index contributed by atoms with van der Waals surface area (Å²) in [5.74, 6) is 5.96. The number of anilines is 1. The van der Waals surface area contributed by atoms with E-state index in [4.69, 9.17) is 9.47 Å². The molecule has 3 aliphatic heterocycles. The molecule has 1 N–H and O–H groups in total. The van der Waals surface area contributed by atoms with E-state index in [-0.39, 0.29) is 24.8 Å². The molecular formula is C28H29N3O5. The summed E-state index contributed by atoms with van der Waals surface area (Å²) in [5.41, 5.74) is 3.47. The maximum Gasteiger partial charge on any atom is 0.255 e. The fraction of sp³-hybridized carbons (Fsp3) is 0.393. The Kier molecular flexibility index (Phi) is 6.92. The SMILES string of the molecule is COC1CCN(c2cccc(C#CCOc3ccc4c(c3)CN(C3CCC(=O)NC3=O)C4=O)c2)CC1. The van der Waals surface area contributed by atoms with E-state index >= 15 is 0 Å². The first-order chi connectivity index (χ1) is 17.5. The molecule has 8 nitrogen and oxygen atoms in total. The first kappa shape index (κ1) is 23.9. The molecule has 0 aliphatic carbocycles. The lowest BCUT2D eigenvalue weighted by Crippen LogP contribution is -2.52. The molecule has 3 aliphatic rings. The summed E-state index contributed by atoms with van der Waals surface area (Å²) in [7, 11) is 1.77. The number of nitrogens with one attached hydrogen (secondary N) is 1. The van der Waals surface area contributed by atoms with E-state index < -0.39 is 11.9 Å². The van der Waals surface area contributed by atoms with Crippen molar-refractivity contribution in [1.82, 2.24) is 10.2 Å². The van der Waals surface area contributed by atoms with Crippen LogP contribution in [0.5, 0.6) is 5.75 Å². The number of carbonyl (C=O) groups is 3. The van der Waals surface area contributed by atoms with Crippen molar-refractivity contribution in [3.8, 4) is 17.6 Å². The normalized spacial score (nSPS) is 20.0. The molecule has 0 spiro atoms. The molecule has 2 fully saturated rings. The van der Waals surface area contributed by atoms with E-state index in [1.165, 1.54) is 10.6 Å². The Labute approximate surface area is 210 Å². The number of nitrogens with zero attached hydrogens (tertiary/aromatic N) is 2. The number of hydrogen-bond donors (Lipinski definition) is 1. The van der Waals surface area contributed by atoms with E-state index in [1.54, 1.807) is 19.2 Å². The number of piperidine rings is 2. The van der Waals surface area contributed by atoms with Crippen molar-refractivity contribution < 1.29 is 23.9 Å². The van der Waals surface area contributed by atoms with Crippen LogP contribution in [0.4, 0.5) is 5.69 Å². The second-order valence-corrected chi connectivity index (χ2v) is 9.28. The Balaban J connectivity index is 1.18. The molecule has 2 saturated heterocycles. The van der Waals surface area contributed by atoms with Gasteiger partial charge in [-0.05, 0) is 61.2 Å². The Hall–Kier alpha value is -3.83. The molecule has 3 amide bonds. The van der Waals surface area contributed by atoms with E-state index in [2.05, 4.69) is 34.2 Å². The molecule has 36 heavy (non-hydrogen) atoms. The number of imide groups is 1. The summed E-state index contributed by atoms with van der Waals surface area (Å²) in [6.45, 7) is 2.48. The van der Waals surface area contributed by atoms with E-state index in [1.807, 2.05) is 18.2 Å². The maximum absolute atomic E-state index is 12.8. The van der Waals surface area contributed by atoms with Crippen LogP contribution < -0.4 is 15.0 Å². The largest absolute Gasteiger partial charge is 0.481 e. The number of amides is 3. The van der Waals surface area contributed by atoms with Gasteiger partial charge in [0.15, 0.2) is 0 Å². The summed E-state index contributed by atoms with van der Waals surface area (Å²) in [4.78, 5) is 40.3. The van der Waals surface area contributed by atoms with Gasteiger partial charge in [0.1, 0.15) is 18.4 Å². The first-order valence-corrected chi connectivity index (χ1v) is 12.3. The van der Waals surface area contributed by atoms with Gasteiger partial charge in [-0.1, -0.05) is 17.9 Å². The van der Waals surface area contributed by atoms with Gasteiger partial charge in [0.2, 0.25) is 11.8 Å². The molecular weight excluding hydrogens is 458 g/mol. The minimum atomic E-state index is -0.625. The van der Waals surface area contributed by atoms with Crippen molar-refractivity contribution in [2.24, 2.45) is 0 Å². The number of ether oxygens (including phenoxy) is 2. The molecule has 0 bridgehead atoms. The average molecular weight is 488 g/mol. The minimum absolute atomic E-state index is 0.197. The van der Waals surface area contributed by atoms with Gasteiger partial charge in [-0.15, -0.1) is 0 Å². The number of carbonyl (C=O) groups excluding carboxylic acids is 3. The maximum atomic E-state index is 12.8. The molecule has 0 saturated carbocycles. The van der Waals surface area contributed by atoms with Crippen LogP contribution in [0, 0.1) is 11.8 Å². The minimum Gasteiger partial charge on any atom is -0.481 e. The molecule has 5 rings (SSSR count). The lowest BCUT2D eigenvalue weighted by Gasteiger charge is -2.33. The lowest BCUT2D eigenvalue weighted by molar-refractivity contribution is -0.136. The van der Waals surface area contributed by atoms with Crippen LogP contribution in [0.2, 0.25) is 0 Å². The van der Waals surface area contributed by atoms with Gasteiger partial charge in [0.25, 0.3) is 5.91 Å². The zero-order valence-corrected chi connectivity index (χ0v) is 20.3. The molecule has 0 radical (unpaired) electrons. The predicted octanol–water partition coefficient (Wildman–Crippen LogP) is 2.49. The molecule has 3 heterocycles. The summed E-state index contributed by atoms with van der Waals surface area (Å²) >= 11 is 0. The van der Waals surface area contributed by atoms with Gasteiger partial charge in [0, 0.05) is 50.0 Å². The summed E-state index contributed by atoms with van der Waals surface area (Å²) < 4.78 is 11.3. The highest BCUT2D eigenvalue weighted by atomic mass is 16.5. The van der Waals surface area contributed by atoms with Gasteiger partial charge in [0.05, 0.1) is 6.10 Å². The highest BCUT2D eigenvalue weighted by molar-refractivity contribution is 6.05. The van der Waals surface area contributed by atoms with Crippen molar-refractivity contribution in [3.05, 3.63) is 59.2 Å². The Morgan fingerprint density at radius 2 is 1.89 bits per heavy atom. The molecule has 1 unspecified atom stereocenters. The van der Waals surface area contributed by atoms with Crippen molar-refractivity contribution >= 4 is 23.4 Å².